The molecule has 2 fully saturated rings. The lowest BCUT2D eigenvalue weighted by Crippen LogP contribution is -2.35. The molecule has 28 heavy (non-hydrogen) atoms. The van der Waals surface area contributed by atoms with E-state index in [0.29, 0.717) is 18.8 Å². The molecule has 2 heterocycles. The molecule has 0 spiro atoms. The fourth-order valence-corrected chi connectivity index (χ4v) is 3.41. The molecule has 7 nitrogen and oxygen atoms in total. The Balaban J connectivity index is 1.59. The number of benzene rings is 1. The van der Waals surface area contributed by atoms with E-state index in [1.165, 1.54) is 16.8 Å². The van der Waals surface area contributed by atoms with Crippen LogP contribution in [0, 0.1) is 5.92 Å². The van der Waals surface area contributed by atoms with Gasteiger partial charge in [0.2, 0.25) is 0 Å². The fraction of sp³-hybridized carbons (Fsp3) is 0.500. The molecule has 2 atom stereocenters. The van der Waals surface area contributed by atoms with Gasteiger partial charge in [0, 0.05) is 31.5 Å². The molecule has 1 saturated carbocycles. The van der Waals surface area contributed by atoms with E-state index in [9.17, 15) is 23.1 Å². The third-order valence-electron chi connectivity index (χ3n) is 5.13. The van der Waals surface area contributed by atoms with E-state index in [1.54, 1.807) is 0 Å². The highest BCUT2D eigenvalue weighted by Crippen LogP contribution is 2.42. The van der Waals surface area contributed by atoms with Crippen molar-refractivity contribution < 1.29 is 23.1 Å². The highest BCUT2D eigenvalue weighted by Gasteiger charge is 2.36. The van der Waals surface area contributed by atoms with Crippen LogP contribution < -0.4 is 10.6 Å². The third-order valence-corrected chi connectivity index (χ3v) is 5.13. The molecule has 3 N–H and O–H groups in total. The summed E-state index contributed by atoms with van der Waals surface area (Å²) in [5, 5.41) is 23.5. The zero-order valence-corrected chi connectivity index (χ0v) is 14.9. The summed E-state index contributed by atoms with van der Waals surface area (Å²) in [4.78, 5) is 12.6. The minimum atomic E-state index is -4.47. The van der Waals surface area contributed by atoms with Gasteiger partial charge in [-0.1, -0.05) is 11.3 Å². The van der Waals surface area contributed by atoms with Crippen molar-refractivity contribution in [1.29, 1.82) is 0 Å². The van der Waals surface area contributed by atoms with Crippen LogP contribution in [0.5, 0.6) is 0 Å². The molecule has 2 aromatic rings. The predicted molar refractivity (Wildman–Crippen MR) is 93.0 cm³/mol. The van der Waals surface area contributed by atoms with Crippen molar-refractivity contribution in [2.24, 2.45) is 5.92 Å². The van der Waals surface area contributed by atoms with Gasteiger partial charge in [0.05, 0.1) is 23.0 Å². The molecule has 1 saturated heterocycles. The van der Waals surface area contributed by atoms with E-state index in [2.05, 4.69) is 20.9 Å². The Morgan fingerprint density at radius 1 is 1.32 bits per heavy atom. The lowest BCUT2D eigenvalue weighted by Gasteiger charge is -2.14. The summed E-state index contributed by atoms with van der Waals surface area (Å²) >= 11 is 0. The second-order valence-corrected chi connectivity index (χ2v) is 7.25. The molecule has 1 aliphatic carbocycles. The Morgan fingerprint density at radius 3 is 2.75 bits per heavy atom. The van der Waals surface area contributed by atoms with Crippen molar-refractivity contribution in [3.05, 3.63) is 41.2 Å². The summed E-state index contributed by atoms with van der Waals surface area (Å²) in [6.45, 7) is 1.38. The molecule has 1 amide bonds. The van der Waals surface area contributed by atoms with Gasteiger partial charge in [0.1, 0.15) is 0 Å². The topological polar surface area (TPSA) is 92.1 Å². The Hall–Kier alpha value is -2.46. The van der Waals surface area contributed by atoms with Crippen LogP contribution in [0.1, 0.15) is 40.5 Å². The number of carbonyl (C=O) groups excluding carboxylic acids is 1. The van der Waals surface area contributed by atoms with Crippen LogP contribution in [-0.2, 0) is 6.18 Å². The van der Waals surface area contributed by atoms with E-state index in [-0.39, 0.29) is 29.8 Å². The number of amides is 1. The van der Waals surface area contributed by atoms with Crippen LogP contribution in [0.25, 0.3) is 5.69 Å². The fourth-order valence-electron chi connectivity index (χ4n) is 3.41. The first kappa shape index (κ1) is 18.9. The quantitative estimate of drug-likeness (QED) is 0.713. The van der Waals surface area contributed by atoms with Crippen molar-refractivity contribution >= 4 is 5.91 Å². The van der Waals surface area contributed by atoms with Gasteiger partial charge in [0.15, 0.2) is 5.69 Å². The van der Waals surface area contributed by atoms with E-state index in [1.807, 2.05) is 0 Å². The standard InChI is InChI=1S/C18H20F3N5O2/c19-18(20,21)12-2-1-3-13(6-12)26-16(10-4-5-10)15(24-25-26)17(28)23-8-11-7-22-9-14(11)27/h1-3,6,10-11,14,22,27H,4-5,7-9H2,(H,23,28). The molecule has 2 aliphatic rings. The van der Waals surface area contributed by atoms with Crippen molar-refractivity contribution in [2.45, 2.75) is 31.0 Å². The molecular formula is C18H20F3N5O2. The summed E-state index contributed by atoms with van der Waals surface area (Å²) in [6, 6.07) is 4.82. The summed E-state index contributed by atoms with van der Waals surface area (Å²) in [6.07, 6.45) is -3.33. The highest BCUT2D eigenvalue weighted by molar-refractivity contribution is 5.93. The number of alkyl halides is 3. The minimum absolute atomic E-state index is 0.0454. The predicted octanol–water partition coefficient (Wildman–Crippen LogP) is 1.47. The maximum atomic E-state index is 13.0. The second-order valence-electron chi connectivity index (χ2n) is 7.25. The Kier molecular flexibility index (Phi) is 4.84. The molecule has 4 rings (SSSR count). The number of aliphatic hydroxyl groups is 1. The van der Waals surface area contributed by atoms with Crippen molar-refractivity contribution in [1.82, 2.24) is 25.6 Å². The van der Waals surface area contributed by atoms with Crippen LogP contribution in [-0.4, -0.2) is 51.7 Å². The number of nitrogens with one attached hydrogen (secondary N) is 2. The summed E-state index contributed by atoms with van der Waals surface area (Å²) < 4.78 is 40.4. The molecule has 10 heteroatoms. The number of nitrogens with zero attached hydrogens (tertiary/aromatic N) is 3. The molecule has 150 valence electrons. The number of β-amino-alcohol motifs (C(OH)–C–C–N with tert-alkyl or cyclic N) is 1. The van der Waals surface area contributed by atoms with Gasteiger partial charge in [-0.15, -0.1) is 5.10 Å². The molecular weight excluding hydrogens is 375 g/mol. The van der Waals surface area contributed by atoms with Gasteiger partial charge in [0.25, 0.3) is 5.91 Å². The lowest BCUT2D eigenvalue weighted by molar-refractivity contribution is -0.137. The van der Waals surface area contributed by atoms with Gasteiger partial charge in [-0.3, -0.25) is 4.79 Å². The normalized spacial score (nSPS) is 22.4. The number of hydrogen-bond acceptors (Lipinski definition) is 5. The molecule has 0 radical (unpaired) electrons. The van der Waals surface area contributed by atoms with Crippen molar-refractivity contribution in [3.8, 4) is 5.69 Å². The minimum Gasteiger partial charge on any atom is -0.391 e. The van der Waals surface area contributed by atoms with E-state index < -0.39 is 23.8 Å². The number of carbonyl (C=O) groups is 1. The van der Waals surface area contributed by atoms with E-state index in [4.69, 9.17) is 0 Å². The smallest absolute Gasteiger partial charge is 0.391 e. The summed E-state index contributed by atoms with van der Waals surface area (Å²) in [7, 11) is 0. The van der Waals surface area contributed by atoms with Crippen LogP contribution in [0.3, 0.4) is 0 Å². The summed E-state index contributed by atoms with van der Waals surface area (Å²) in [5.41, 5.74) is 0.0944. The monoisotopic (exact) mass is 395 g/mol. The van der Waals surface area contributed by atoms with Gasteiger partial charge >= 0.3 is 6.18 Å². The first-order valence-electron chi connectivity index (χ1n) is 9.15. The zero-order chi connectivity index (χ0) is 19.9. The number of halogens is 3. The van der Waals surface area contributed by atoms with Crippen molar-refractivity contribution in [3.63, 3.8) is 0 Å². The van der Waals surface area contributed by atoms with Crippen LogP contribution >= 0.6 is 0 Å². The number of rotatable bonds is 5. The number of aromatic nitrogens is 3. The van der Waals surface area contributed by atoms with Crippen molar-refractivity contribution in [2.75, 3.05) is 19.6 Å². The van der Waals surface area contributed by atoms with Gasteiger partial charge < -0.3 is 15.7 Å². The lowest BCUT2D eigenvalue weighted by atomic mass is 10.1. The first-order valence-corrected chi connectivity index (χ1v) is 9.15. The Bertz CT molecular complexity index is 878. The molecule has 2 unspecified atom stereocenters. The molecule has 1 aliphatic heterocycles. The maximum absolute atomic E-state index is 13.0. The zero-order valence-electron chi connectivity index (χ0n) is 14.9. The Morgan fingerprint density at radius 2 is 2.11 bits per heavy atom. The average molecular weight is 395 g/mol. The van der Waals surface area contributed by atoms with Gasteiger partial charge in [-0.05, 0) is 31.0 Å². The summed E-state index contributed by atoms with van der Waals surface area (Å²) in [5.74, 6) is -0.477. The van der Waals surface area contributed by atoms with E-state index in [0.717, 1.165) is 25.0 Å². The molecule has 1 aromatic heterocycles. The van der Waals surface area contributed by atoms with Crippen LogP contribution in [0.4, 0.5) is 13.2 Å². The highest BCUT2D eigenvalue weighted by atomic mass is 19.4. The second kappa shape index (κ2) is 7.17. The largest absolute Gasteiger partial charge is 0.416 e. The maximum Gasteiger partial charge on any atom is 0.416 e. The third kappa shape index (κ3) is 3.74. The van der Waals surface area contributed by atoms with Gasteiger partial charge in [-0.2, -0.15) is 13.2 Å². The molecule has 0 bridgehead atoms. The Labute approximate surface area is 158 Å². The number of aliphatic hydroxyl groups excluding tert-OH is 1. The first-order chi connectivity index (χ1) is 13.3. The average Bonchev–Trinajstić information content (AvgIpc) is 3.26. The SMILES string of the molecule is O=C(NCC1CNCC1O)c1nnn(-c2cccc(C(F)(F)F)c2)c1C1CC1. The van der Waals surface area contributed by atoms with E-state index >= 15 is 0 Å². The van der Waals surface area contributed by atoms with Gasteiger partial charge in [-0.25, -0.2) is 4.68 Å². The van der Waals surface area contributed by atoms with Crippen LogP contribution in [0.2, 0.25) is 0 Å². The molecule has 1 aromatic carbocycles. The van der Waals surface area contributed by atoms with Crippen LogP contribution in [0.15, 0.2) is 24.3 Å². The number of hydrogen-bond donors (Lipinski definition) is 3.